The number of aromatic nitrogens is 1. The molecule has 1 unspecified atom stereocenters. The molecule has 2 nitrogen and oxygen atoms in total. The zero-order valence-corrected chi connectivity index (χ0v) is 10.8. The second-order valence-corrected chi connectivity index (χ2v) is 5.18. The molecule has 0 fully saturated rings. The third-order valence-electron chi connectivity index (χ3n) is 2.34. The topological polar surface area (TPSA) is 38.9 Å². The molecule has 1 aromatic heterocycles. The molecule has 1 atom stereocenters. The Bertz CT molecular complexity index is 476. The predicted octanol–water partition coefficient (Wildman–Crippen LogP) is 3.53. The molecule has 1 heterocycles. The largest absolute Gasteiger partial charge is 0.329 e. The van der Waals surface area contributed by atoms with Crippen LogP contribution in [0.5, 0.6) is 0 Å². The van der Waals surface area contributed by atoms with E-state index in [2.05, 4.69) is 4.98 Å². The van der Waals surface area contributed by atoms with Crippen LogP contribution in [-0.2, 0) is 0 Å². The Balaban J connectivity index is 2.19. The van der Waals surface area contributed by atoms with Gasteiger partial charge in [0.2, 0.25) is 0 Å². The summed E-state index contributed by atoms with van der Waals surface area (Å²) in [4.78, 5) is 5.37. The molecule has 1 aromatic carbocycles. The van der Waals surface area contributed by atoms with E-state index in [0.29, 0.717) is 6.54 Å². The standard InChI is InChI=1S/C13H13ClN2S/c14-10-5-1-2-7-12(10)17-13(9-15)11-6-3-4-8-16-11/h1-8,13H,9,15H2. The first-order valence-corrected chi connectivity index (χ1v) is 6.59. The molecule has 0 aliphatic carbocycles. The van der Waals surface area contributed by atoms with Crippen LogP contribution in [0.2, 0.25) is 5.02 Å². The van der Waals surface area contributed by atoms with Crippen molar-refractivity contribution in [2.75, 3.05) is 6.54 Å². The number of benzene rings is 1. The van der Waals surface area contributed by atoms with Crippen LogP contribution < -0.4 is 5.73 Å². The van der Waals surface area contributed by atoms with E-state index in [1.807, 2.05) is 42.5 Å². The molecule has 17 heavy (non-hydrogen) atoms. The zero-order chi connectivity index (χ0) is 12.1. The summed E-state index contributed by atoms with van der Waals surface area (Å²) >= 11 is 7.78. The van der Waals surface area contributed by atoms with Crippen LogP contribution in [0.1, 0.15) is 10.9 Å². The van der Waals surface area contributed by atoms with Crippen LogP contribution in [0.15, 0.2) is 53.6 Å². The molecule has 0 amide bonds. The van der Waals surface area contributed by atoms with Crippen LogP contribution in [-0.4, -0.2) is 11.5 Å². The smallest absolute Gasteiger partial charge is 0.0640 e. The van der Waals surface area contributed by atoms with Gasteiger partial charge in [0, 0.05) is 17.6 Å². The summed E-state index contributed by atoms with van der Waals surface area (Å²) in [5, 5.41) is 0.892. The Morgan fingerprint density at radius 1 is 1.18 bits per heavy atom. The van der Waals surface area contributed by atoms with Gasteiger partial charge >= 0.3 is 0 Å². The van der Waals surface area contributed by atoms with Crippen molar-refractivity contribution in [3.63, 3.8) is 0 Å². The highest BCUT2D eigenvalue weighted by Crippen LogP contribution is 2.37. The maximum atomic E-state index is 6.13. The SMILES string of the molecule is NCC(Sc1ccccc1Cl)c1ccccn1. The number of nitrogens with two attached hydrogens (primary N) is 1. The van der Waals surface area contributed by atoms with E-state index >= 15 is 0 Å². The fraction of sp³-hybridized carbons (Fsp3) is 0.154. The lowest BCUT2D eigenvalue weighted by Crippen LogP contribution is -2.10. The number of halogens is 1. The number of hydrogen-bond acceptors (Lipinski definition) is 3. The predicted molar refractivity (Wildman–Crippen MR) is 73.3 cm³/mol. The van der Waals surface area contributed by atoms with Gasteiger partial charge in [-0.3, -0.25) is 4.98 Å². The Morgan fingerprint density at radius 3 is 2.59 bits per heavy atom. The molecule has 88 valence electrons. The Kier molecular flexibility index (Phi) is 4.42. The van der Waals surface area contributed by atoms with Crippen LogP contribution in [0.25, 0.3) is 0 Å². The molecule has 0 radical (unpaired) electrons. The van der Waals surface area contributed by atoms with Crippen molar-refractivity contribution >= 4 is 23.4 Å². The summed E-state index contributed by atoms with van der Waals surface area (Å²) in [5.41, 5.74) is 6.78. The third kappa shape index (κ3) is 3.22. The maximum absolute atomic E-state index is 6.13. The lowest BCUT2D eigenvalue weighted by molar-refractivity contribution is 0.898. The summed E-state index contributed by atoms with van der Waals surface area (Å²) in [6, 6.07) is 13.6. The maximum Gasteiger partial charge on any atom is 0.0640 e. The van der Waals surface area contributed by atoms with E-state index in [-0.39, 0.29) is 5.25 Å². The first-order valence-electron chi connectivity index (χ1n) is 5.33. The average molecular weight is 265 g/mol. The van der Waals surface area contributed by atoms with E-state index in [9.17, 15) is 0 Å². The molecular weight excluding hydrogens is 252 g/mol. The molecule has 0 aliphatic rings. The Hall–Kier alpha value is -1.03. The molecule has 2 N–H and O–H groups in total. The van der Waals surface area contributed by atoms with E-state index < -0.39 is 0 Å². The first-order chi connectivity index (χ1) is 8.31. The molecule has 2 rings (SSSR count). The second-order valence-electron chi connectivity index (χ2n) is 3.53. The van der Waals surface area contributed by atoms with Gasteiger partial charge in [-0.15, -0.1) is 11.8 Å². The monoisotopic (exact) mass is 264 g/mol. The van der Waals surface area contributed by atoms with Crippen molar-refractivity contribution in [1.82, 2.24) is 4.98 Å². The van der Waals surface area contributed by atoms with Crippen LogP contribution >= 0.6 is 23.4 Å². The van der Waals surface area contributed by atoms with Gasteiger partial charge < -0.3 is 5.73 Å². The highest BCUT2D eigenvalue weighted by molar-refractivity contribution is 7.99. The number of hydrogen-bond donors (Lipinski definition) is 1. The number of rotatable bonds is 4. The van der Waals surface area contributed by atoms with E-state index in [1.54, 1.807) is 18.0 Å². The molecule has 0 spiro atoms. The van der Waals surface area contributed by atoms with Crippen molar-refractivity contribution < 1.29 is 0 Å². The van der Waals surface area contributed by atoms with Gasteiger partial charge in [-0.2, -0.15) is 0 Å². The molecular formula is C13H13ClN2S. The van der Waals surface area contributed by atoms with Gasteiger partial charge in [0.05, 0.1) is 16.0 Å². The highest BCUT2D eigenvalue weighted by atomic mass is 35.5. The van der Waals surface area contributed by atoms with Crippen LogP contribution in [0.3, 0.4) is 0 Å². The van der Waals surface area contributed by atoms with Gasteiger partial charge in [0.15, 0.2) is 0 Å². The van der Waals surface area contributed by atoms with Gasteiger partial charge in [0.1, 0.15) is 0 Å². The third-order valence-corrected chi connectivity index (χ3v) is 4.11. The molecule has 0 bridgehead atoms. The van der Waals surface area contributed by atoms with Crippen LogP contribution in [0, 0.1) is 0 Å². The minimum absolute atomic E-state index is 0.135. The summed E-state index contributed by atoms with van der Waals surface area (Å²) in [6.07, 6.45) is 1.78. The molecule has 0 saturated heterocycles. The minimum atomic E-state index is 0.135. The summed E-state index contributed by atoms with van der Waals surface area (Å²) in [5.74, 6) is 0. The quantitative estimate of drug-likeness (QED) is 0.859. The molecule has 4 heteroatoms. The first kappa shape index (κ1) is 12.4. The fourth-order valence-electron chi connectivity index (χ4n) is 1.49. The minimum Gasteiger partial charge on any atom is -0.329 e. The van der Waals surface area contributed by atoms with Crippen molar-refractivity contribution in [2.45, 2.75) is 10.1 Å². The van der Waals surface area contributed by atoms with E-state index in [0.717, 1.165) is 15.6 Å². The van der Waals surface area contributed by atoms with Gasteiger partial charge in [-0.05, 0) is 24.3 Å². The van der Waals surface area contributed by atoms with Gasteiger partial charge in [-0.25, -0.2) is 0 Å². The Labute approximate surface area is 110 Å². The van der Waals surface area contributed by atoms with Gasteiger partial charge in [0.25, 0.3) is 0 Å². The summed E-state index contributed by atoms with van der Waals surface area (Å²) < 4.78 is 0. The zero-order valence-electron chi connectivity index (χ0n) is 9.21. The van der Waals surface area contributed by atoms with Gasteiger partial charge in [-0.1, -0.05) is 29.8 Å². The van der Waals surface area contributed by atoms with Crippen molar-refractivity contribution in [2.24, 2.45) is 5.73 Å². The normalized spacial score (nSPS) is 12.4. The van der Waals surface area contributed by atoms with Crippen molar-refractivity contribution in [1.29, 1.82) is 0 Å². The van der Waals surface area contributed by atoms with Crippen molar-refractivity contribution in [3.05, 3.63) is 59.4 Å². The summed E-state index contributed by atoms with van der Waals surface area (Å²) in [6.45, 7) is 0.535. The molecule has 0 aliphatic heterocycles. The van der Waals surface area contributed by atoms with E-state index in [4.69, 9.17) is 17.3 Å². The van der Waals surface area contributed by atoms with Crippen LogP contribution in [0.4, 0.5) is 0 Å². The van der Waals surface area contributed by atoms with E-state index in [1.165, 1.54) is 0 Å². The van der Waals surface area contributed by atoms with Crippen molar-refractivity contribution in [3.8, 4) is 0 Å². The highest BCUT2D eigenvalue weighted by Gasteiger charge is 2.13. The molecule has 0 saturated carbocycles. The summed E-state index contributed by atoms with van der Waals surface area (Å²) in [7, 11) is 0. The average Bonchev–Trinajstić information content (AvgIpc) is 2.39. The fourth-order valence-corrected chi connectivity index (χ4v) is 2.76. The molecule has 2 aromatic rings. The number of thioether (sulfide) groups is 1. The lowest BCUT2D eigenvalue weighted by atomic mass is 10.3. The second kappa shape index (κ2) is 6.05. The number of nitrogens with zero attached hydrogens (tertiary/aromatic N) is 1. The lowest BCUT2D eigenvalue weighted by Gasteiger charge is -2.14. The number of pyridine rings is 1. The Morgan fingerprint density at radius 2 is 1.94 bits per heavy atom.